The Kier molecular flexibility index (Phi) is 3.41. The smallest absolute Gasteiger partial charge is 0.135 e. The van der Waals surface area contributed by atoms with Gasteiger partial charge in [-0.05, 0) is 37.3 Å². The molecule has 3 rings (SSSR count). The molecule has 1 aliphatic heterocycles. The van der Waals surface area contributed by atoms with E-state index in [-0.39, 0.29) is 23.0 Å². The van der Waals surface area contributed by atoms with E-state index in [1.807, 2.05) is 6.07 Å². The van der Waals surface area contributed by atoms with Crippen molar-refractivity contribution in [2.45, 2.75) is 31.4 Å². The van der Waals surface area contributed by atoms with E-state index in [2.05, 4.69) is 5.32 Å². The van der Waals surface area contributed by atoms with Crippen LogP contribution >= 0.6 is 12.2 Å². The van der Waals surface area contributed by atoms with E-state index in [1.54, 1.807) is 6.07 Å². The molecule has 1 heterocycles. The molecule has 0 aromatic heterocycles. The Balaban J connectivity index is 1.82. The van der Waals surface area contributed by atoms with Crippen LogP contribution in [0.1, 0.15) is 24.8 Å². The zero-order valence-corrected chi connectivity index (χ0v) is 11.4. The molecule has 0 bridgehead atoms. The van der Waals surface area contributed by atoms with E-state index in [9.17, 15) is 4.39 Å². The summed E-state index contributed by atoms with van der Waals surface area (Å²) in [6.07, 6.45) is 3.64. The van der Waals surface area contributed by atoms with Crippen LogP contribution < -0.4 is 11.1 Å². The average molecular weight is 280 g/mol. The molecule has 3 N–H and O–H groups in total. The third-order valence-corrected chi connectivity index (χ3v) is 4.03. The molecule has 0 amide bonds. The zero-order valence-electron chi connectivity index (χ0n) is 10.6. The Hall–Kier alpha value is -1.20. The Labute approximate surface area is 117 Å². The third kappa shape index (κ3) is 2.58. The van der Waals surface area contributed by atoms with Gasteiger partial charge in [-0.2, -0.15) is 0 Å². The van der Waals surface area contributed by atoms with Crippen molar-refractivity contribution in [2.75, 3.05) is 11.9 Å². The Morgan fingerprint density at radius 1 is 1.37 bits per heavy atom. The van der Waals surface area contributed by atoms with Crippen LogP contribution in [0.5, 0.6) is 0 Å². The normalized spacial score (nSPS) is 26.4. The lowest BCUT2D eigenvalue weighted by atomic mass is 10.0. The SMILES string of the molecule is NC(=S)c1c(F)cccc1NC1CCOC1C1CC1. The van der Waals surface area contributed by atoms with Gasteiger partial charge in [-0.3, -0.25) is 0 Å². The topological polar surface area (TPSA) is 47.3 Å². The number of rotatable bonds is 4. The fraction of sp³-hybridized carbons (Fsp3) is 0.500. The quantitative estimate of drug-likeness (QED) is 0.832. The minimum atomic E-state index is -0.376. The van der Waals surface area contributed by atoms with Crippen LogP contribution in [0.3, 0.4) is 0 Å². The molecule has 1 saturated heterocycles. The molecular weight excluding hydrogens is 263 g/mol. The summed E-state index contributed by atoms with van der Waals surface area (Å²) in [6.45, 7) is 0.760. The van der Waals surface area contributed by atoms with E-state index in [4.69, 9.17) is 22.7 Å². The van der Waals surface area contributed by atoms with Crippen LogP contribution in [-0.2, 0) is 4.74 Å². The highest BCUT2D eigenvalue weighted by Crippen LogP contribution is 2.39. The summed E-state index contributed by atoms with van der Waals surface area (Å²) in [5.74, 6) is 0.279. The molecule has 0 radical (unpaired) electrons. The predicted octanol–water partition coefficient (Wildman–Crippen LogP) is 2.44. The predicted molar refractivity (Wildman–Crippen MR) is 76.8 cm³/mol. The van der Waals surface area contributed by atoms with Gasteiger partial charge in [0.15, 0.2) is 0 Å². The van der Waals surface area contributed by atoms with Crippen LogP contribution in [-0.4, -0.2) is 23.7 Å². The van der Waals surface area contributed by atoms with Crippen LogP contribution in [0.15, 0.2) is 18.2 Å². The van der Waals surface area contributed by atoms with Crippen molar-refractivity contribution in [3.8, 4) is 0 Å². The maximum Gasteiger partial charge on any atom is 0.135 e. The van der Waals surface area contributed by atoms with E-state index in [0.717, 1.165) is 13.0 Å². The summed E-state index contributed by atoms with van der Waals surface area (Å²) < 4.78 is 19.6. The molecule has 0 spiro atoms. The highest BCUT2D eigenvalue weighted by molar-refractivity contribution is 7.80. The lowest BCUT2D eigenvalue weighted by Crippen LogP contribution is -2.32. The summed E-state index contributed by atoms with van der Waals surface area (Å²) in [6, 6.07) is 5.09. The number of hydrogen-bond donors (Lipinski definition) is 2. The number of nitrogens with two attached hydrogens (primary N) is 1. The number of nitrogens with one attached hydrogen (secondary N) is 1. The molecule has 1 aliphatic carbocycles. The fourth-order valence-corrected chi connectivity index (χ4v) is 2.96. The molecule has 2 aliphatic rings. The second kappa shape index (κ2) is 5.06. The molecular formula is C14H17FN2OS. The van der Waals surface area contributed by atoms with Gasteiger partial charge in [0, 0.05) is 12.3 Å². The van der Waals surface area contributed by atoms with Crippen molar-refractivity contribution in [1.82, 2.24) is 0 Å². The lowest BCUT2D eigenvalue weighted by molar-refractivity contribution is 0.0898. The molecule has 5 heteroatoms. The van der Waals surface area contributed by atoms with E-state index < -0.39 is 0 Å². The Morgan fingerprint density at radius 3 is 2.84 bits per heavy atom. The summed E-state index contributed by atoms with van der Waals surface area (Å²) in [5.41, 5.74) is 6.60. The van der Waals surface area contributed by atoms with Crippen LogP contribution in [0, 0.1) is 11.7 Å². The highest BCUT2D eigenvalue weighted by atomic mass is 32.1. The number of anilines is 1. The maximum atomic E-state index is 13.8. The summed E-state index contributed by atoms with van der Waals surface area (Å²) in [7, 11) is 0. The van der Waals surface area contributed by atoms with Crippen LogP contribution in [0.25, 0.3) is 0 Å². The van der Waals surface area contributed by atoms with Gasteiger partial charge in [-0.15, -0.1) is 0 Å². The molecule has 2 fully saturated rings. The number of benzene rings is 1. The van der Waals surface area contributed by atoms with Gasteiger partial charge >= 0.3 is 0 Å². The van der Waals surface area contributed by atoms with Gasteiger partial charge in [0.2, 0.25) is 0 Å². The van der Waals surface area contributed by atoms with Crippen molar-refractivity contribution >= 4 is 22.9 Å². The van der Waals surface area contributed by atoms with E-state index in [1.165, 1.54) is 18.9 Å². The van der Waals surface area contributed by atoms with Crippen molar-refractivity contribution in [1.29, 1.82) is 0 Å². The van der Waals surface area contributed by atoms with E-state index >= 15 is 0 Å². The number of hydrogen-bond acceptors (Lipinski definition) is 3. The molecule has 19 heavy (non-hydrogen) atoms. The summed E-state index contributed by atoms with van der Waals surface area (Å²) in [4.78, 5) is 0.0856. The fourth-order valence-electron chi connectivity index (χ4n) is 2.75. The maximum absolute atomic E-state index is 13.8. The Morgan fingerprint density at radius 2 is 2.16 bits per heavy atom. The molecule has 2 unspecified atom stereocenters. The molecule has 3 nitrogen and oxygen atoms in total. The first-order valence-corrected chi connectivity index (χ1v) is 7.04. The standard InChI is InChI=1S/C14H17FN2OS/c15-9-2-1-3-10(12(9)14(16)19)17-11-6-7-18-13(11)8-4-5-8/h1-3,8,11,13,17H,4-7H2,(H2,16,19). The first kappa shape index (κ1) is 12.8. The monoisotopic (exact) mass is 280 g/mol. The highest BCUT2D eigenvalue weighted by Gasteiger charge is 2.40. The second-order valence-electron chi connectivity index (χ2n) is 5.24. The van der Waals surface area contributed by atoms with Gasteiger partial charge in [-0.1, -0.05) is 18.3 Å². The first-order chi connectivity index (χ1) is 9.16. The lowest BCUT2D eigenvalue weighted by Gasteiger charge is -2.22. The Bertz CT molecular complexity index is 504. The number of halogens is 1. The largest absolute Gasteiger partial charge is 0.389 e. The second-order valence-corrected chi connectivity index (χ2v) is 5.68. The molecule has 1 aromatic carbocycles. The van der Waals surface area contributed by atoms with Crippen molar-refractivity contribution in [3.63, 3.8) is 0 Å². The minimum absolute atomic E-state index is 0.0856. The first-order valence-electron chi connectivity index (χ1n) is 6.63. The van der Waals surface area contributed by atoms with Gasteiger partial charge in [-0.25, -0.2) is 4.39 Å². The average Bonchev–Trinajstić information content (AvgIpc) is 3.10. The van der Waals surface area contributed by atoms with Gasteiger partial charge in [0.25, 0.3) is 0 Å². The van der Waals surface area contributed by atoms with Crippen LogP contribution in [0.2, 0.25) is 0 Å². The van der Waals surface area contributed by atoms with E-state index in [0.29, 0.717) is 17.2 Å². The van der Waals surface area contributed by atoms with Crippen molar-refractivity contribution in [3.05, 3.63) is 29.6 Å². The molecule has 2 atom stereocenters. The molecule has 1 saturated carbocycles. The minimum Gasteiger partial charge on any atom is -0.389 e. The summed E-state index contributed by atoms with van der Waals surface area (Å²) in [5, 5.41) is 3.37. The zero-order chi connectivity index (χ0) is 13.4. The molecule has 1 aromatic rings. The number of thiocarbonyl (C=S) groups is 1. The van der Waals surface area contributed by atoms with Gasteiger partial charge in [0.05, 0.1) is 17.7 Å². The molecule has 102 valence electrons. The summed E-state index contributed by atoms with van der Waals surface area (Å²) >= 11 is 4.94. The van der Waals surface area contributed by atoms with Crippen molar-refractivity contribution < 1.29 is 9.13 Å². The number of ether oxygens (including phenoxy) is 1. The van der Waals surface area contributed by atoms with Crippen molar-refractivity contribution in [2.24, 2.45) is 11.7 Å². The van der Waals surface area contributed by atoms with Gasteiger partial charge < -0.3 is 15.8 Å². The van der Waals surface area contributed by atoms with Crippen LogP contribution in [0.4, 0.5) is 10.1 Å². The van der Waals surface area contributed by atoms with Gasteiger partial charge in [0.1, 0.15) is 10.8 Å². The third-order valence-electron chi connectivity index (χ3n) is 3.82.